The second kappa shape index (κ2) is 7.78. The molecule has 1 aromatic carbocycles. The van der Waals surface area contributed by atoms with Crippen LogP contribution in [0.15, 0.2) is 30.3 Å². The summed E-state index contributed by atoms with van der Waals surface area (Å²) in [7, 11) is 1.30. The van der Waals surface area contributed by atoms with Gasteiger partial charge in [-0.2, -0.15) is 0 Å². The SMILES string of the molecule is CC[C@@H](NC(=O)[C@](N)(CC)Cc1ccccc1)C(=O)OC. The third-order valence-corrected chi connectivity index (χ3v) is 3.64. The molecule has 1 aromatic rings. The summed E-state index contributed by atoms with van der Waals surface area (Å²) in [6, 6.07) is 8.94. The predicted molar refractivity (Wildman–Crippen MR) is 81.6 cm³/mol. The van der Waals surface area contributed by atoms with Crippen molar-refractivity contribution in [1.29, 1.82) is 0 Å². The Hall–Kier alpha value is -1.88. The van der Waals surface area contributed by atoms with Gasteiger partial charge in [-0.15, -0.1) is 0 Å². The third-order valence-electron chi connectivity index (χ3n) is 3.64. The molecule has 2 atom stereocenters. The standard InChI is InChI=1S/C16H24N2O3/c1-4-13(14(19)21-3)18-15(20)16(17,5-2)11-12-9-7-6-8-10-12/h6-10,13H,4-5,11,17H2,1-3H3,(H,18,20)/t13-,16+/m1/s1. The zero-order valence-electron chi connectivity index (χ0n) is 12.9. The van der Waals surface area contributed by atoms with Crippen molar-refractivity contribution >= 4 is 11.9 Å². The van der Waals surface area contributed by atoms with Gasteiger partial charge in [-0.05, 0) is 24.8 Å². The molecule has 0 heterocycles. The average Bonchev–Trinajstić information content (AvgIpc) is 2.52. The molecule has 3 N–H and O–H groups in total. The van der Waals surface area contributed by atoms with Crippen molar-refractivity contribution in [3.8, 4) is 0 Å². The molecule has 5 heteroatoms. The van der Waals surface area contributed by atoms with E-state index in [0.717, 1.165) is 5.56 Å². The van der Waals surface area contributed by atoms with Crippen LogP contribution in [0.1, 0.15) is 32.3 Å². The monoisotopic (exact) mass is 292 g/mol. The van der Waals surface area contributed by atoms with Crippen molar-refractivity contribution < 1.29 is 14.3 Å². The Morgan fingerprint density at radius 3 is 2.38 bits per heavy atom. The van der Waals surface area contributed by atoms with Crippen LogP contribution in [-0.4, -0.2) is 30.6 Å². The van der Waals surface area contributed by atoms with Crippen LogP contribution in [0.25, 0.3) is 0 Å². The van der Waals surface area contributed by atoms with E-state index < -0.39 is 17.6 Å². The Labute approximate surface area is 125 Å². The lowest BCUT2D eigenvalue weighted by molar-refractivity contribution is -0.145. The number of nitrogens with one attached hydrogen (secondary N) is 1. The van der Waals surface area contributed by atoms with Crippen molar-refractivity contribution in [3.63, 3.8) is 0 Å². The van der Waals surface area contributed by atoms with Crippen LogP contribution >= 0.6 is 0 Å². The summed E-state index contributed by atoms with van der Waals surface area (Å²) >= 11 is 0. The Balaban J connectivity index is 2.82. The number of ether oxygens (including phenoxy) is 1. The zero-order chi connectivity index (χ0) is 15.9. The van der Waals surface area contributed by atoms with Gasteiger partial charge in [0.05, 0.1) is 12.6 Å². The summed E-state index contributed by atoms with van der Waals surface area (Å²) in [4.78, 5) is 24.0. The van der Waals surface area contributed by atoms with E-state index in [-0.39, 0.29) is 5.91 Å². The number of nitrogens with two attached hydrogens (primary N) is 1. The van der Waals surface area contributed by atoms with Crippen molar-refractivity contribution in [2.45, 2.75) is 44.7 Å². The molecule has 0 aliphatic rings. The molecule has 0 spiro atoms. The second-order valence-corrected chi connectivity index (χ2v) is 5.13. The fourth-order valence-corrected chi connectivity index (χ4v) is 2.10. The van der Waals surface area contributed by atoms with Gasteiger partial charge in [0, 0.05) is 0 Å². The molecule has 0 saturated carbocycles. The number of rotatable bonds is 7. The molecular formula is C16H24N2O3. The smallest absolute Gasteiger partial charge is 0.328 e. The number of carbonyl (C=O) groups excluding carboxylic acids is 2. The first-order valence-corrected chi connectivity index (χ1v) is 7.18. The lowest BCUT2D eigenvalue weighted by atomic mass is 9.88. The van der Waals surface area contributed by atoms with E-state index >= 15 is 0 Å². The van der Waals surface area contributed by atoms with E-state index in [1.807, 2.05) is 44.2 Å². The van der Waals surface area contributed by atoms with Crippen LogP contribution in [0.2, 0.25) is 0 Å². The minimum atomic E-state index is -1.04. The Morgan fingerprint density at radius 1 is 1.29 bits per heavy atom. The van der Waals surface area contributed by atoms with Crippen molar-refractivity contribution in [3.05, 3.63) is 35.9 Å². The van der Waals surface area contributed by atoms with Gasteiger partial charge in [-0.3, -0.25) is 4.79 Å². The van der Waals surface area contributed by atoms with Gasteiger partial charge in [-0.25, -0.2) is 4.79 Å². The summed E-state index contributed by atoms with van der Waals surface area (Å²) in [5.74, 6) is -0.782. The van der Waals surface area contributed by atoms with Crippen molar-refractivity contribution in [1.82, 2.24) is 5.32 Å². The maximum atomic E-state index is 12.4. The number of hydrogen-bond donors (Lipinski definition) is 2. The van der Waals surface area contributed by atoms with Crippen LogP contribution in [0.4, 0.5) is 0 Å². The molecule has 0 aromatic heterocycles. The number of methoxy groups -OCH3 is 1. The second-order valence-electron chi connectivity index (χ2n) is 5.13. The summed E-state index contributed by atoms with van der Waals surface area (Å²) < 4.78 is 4.67. The molecule has 0 aliphatic carbocycles. The lowest BCUT2D eigenvalue weighted by Crippen LogP contribution is -2.58. The van der Waals surface area contributed by atoms with E-state index in [1.165, 1.54) is 7.11 Å². The Kier molecular flexibility index (Phi) is 6.37. The van der Waals surface area contributed by atoms with Crippen LogP contribution < -0.4 is 11.1 Å². The van der Waals surface area contributed by atoms with Gasteiger partial charge in [0.2, 0.25) is 5.91 Å². The van der Waals surface area contributed by atoms with Crippen LogP contribution in [0, 0.1) is 0 Å². The zero-order valence-corrected chi connectivity index (χ0v) is 12.9. The number of hydrogen-bond acceptors (Lipinski definition) is 4. The van der Waals surface area contributed by atoms with Crippen LogP contribution in [-0.2, 0) is 20.7 Å². The van der Waals surface area contributed by atoms with E-state index in [2.05, 4.69) is 10.1 Å². The first-order valence-electron chi connectivity index (χ1n) is 7.18. The topological polar surface area (TPSA) is 81.4 Å². The molecule has 0 radical (unpaired) electrons. The number of benzene rings is 1. The van der Waals surface area contributed by atoms with Crippen LogP contribution in [0.5, 0.6) is 0 Å². The Morgan fingerprint density at radius 2 is 1.90 bits per heavy atom. The van der Waals surface area contributed by atoms with E-state index in [1.54, 1.807) is 0 Å². The first kappa shape index (κ1) is 17.2. The number of carbonyl (C=O) groups is 2. The van der Waals surface area contributed by atoms with Gasteiger partial charge in [0.1, 0.15) is 6.04 Å². The van der Waals surface area contributed by atoms with E-state index in [9.17, 15) is 9.59 Å². The van der Waals surface area contributed by atoms with Gasteiger partial charge in [0.25, 0.3) is 0 Å². The number of amides is 1. The molecule has 1 rings (SSSR count). The fraction of sp³-hybridized carbons (Fsp3) is 0.500. The predicted octanol–water partition coefficient (Wildman–Crippen LogP) is 1.40. The average molecular weight is 292 g/mol. The van der Waals surface area contributed by atoms with Crippen molar-refractivity contribution in [2.75, 3.05) is 7.11 Å². The van der Waals surface area contributed by atoms with Crippen molar-refractivity contribution in [2.24, 2.45) is 5.73 Å². The molecule has 0 aliphatic heterocycles. The normalized spacial score (nSPS) is 14.9. The molecule has 0 saturated heterocycles. The molecule has 1 amide bonds. The van der Waals surface area contributed by atoms with Gasteiger partial charge < -0.3 is 15.8 Å². The highest BCUT2D eigenvalue weighted by molar-refractivity contribution is 5.90. The minimum Gasteiger partial charge on any atom is -0.467 e. The highest BCUT2D eigenvalue weighted by atomic mass is 16.5. The first-order chi connectivity index (χ1) is 9.96. The summed E-state index contributed by atoms with van der Waals surface area (Å²) in [5.41, 5.74) is 6.20. The van der Waals surface area contributed by atoms with E-state index in [0.29, 0.717) is 19.3 Å². The summed E-state index contributed by atoms with van der Waals surface area (Å²) in [6.07, 6.45) is 1.36. The summed E-state index contributed by atoms with van der Waals surface area (Å²) in [5, 5.41) is 2.69. The summed E-state index contributed by atoms with van der Waals surface area (Å²) in [6.45, 7) is 3.67. The molecule has 5 nitrogen and oxygen atoms in total. The fourth-order valence-electron chi connectivity index (χ4n) is 2.10. The molecule has 0 bridgehead atoms. The highest BCUT2D eigenvalue weighted by Gasteiger charge is 2.34. The maximum absolute atomic E-state index is 12.4. The number of esters is 1. The lowest BCUT2D eigenvalue weighted by Gasteiger charge is -2.29. The van der Waals surface area contributed by atoms with Gasteiger partial charge >= 0.3 is 5.97 Å². The quantitative estimate of drug-likeness (QED) is 0.744. The third kappa shape index (κ3) is 4.56. The maximum Gasteiger partial charge on any atom is 0.328 e. The molecule has 0 fully saturated rings. The van der Waals surface area contributed by atoms with Crippen LogP contribution in [0.3, 0.4) is 0 Å². The molecule has 116 valence electrons. The van der Waals surface area contributed by atoms with Gasteiger partial charge in [-0.1, -0.05) is 44.2 Å². The highest BCUT2D eigenvalue weighted by Crippen LogP contribution is 2.15. The molecule has 21 heavy (non-hydrogen) atoms. The molecular weight excluding hydrogens is 268 g/mol. The van der Waals surface area contributed by atoms with E-state index in [4.69, 9.17) is 5.73 Å². The Bertz CT molecular complexity index is 476. The minimum absolute atomic E-state index is 0.328. The largest absolute Gasteiger partial charge is 0.467 e. The molecule has 0 unspecified atom stereocenters. The van der Waals surface area contributed by atoms with Gasteiger partial charge in [0.15, 0.2) is 0 Å².